The Morgan fingerprint density at radius 1 is 1.41 bits per heavy atom. The van der Waals surface area contributed by atoms with Gasteiger partial charge in [0.1, 0.15) is 0 Å². The van der Waals surface area contributed by atoms with E-state index in [0.717, 1.165) is 39.1 Å². The molecular weight excluding hydrogens is 212 g/mol. The van der Waals surface area contributed by atoms with Crippen LogP contribution in [0.3, 0.4) is 0 Å². The second-order valence-corrected chi connectivity index (χ2v) is 4.49. The summed E-state index contributed by atoms with van der Waals surface area (Å²) in [7, 11) is 0. The van der Waals surface area contributed by atoms with Crippen LogP contribution in [0.15, 0.2) is 24.3 Å². The fourth-order valence-corrected chi connectivity index (χ4v) is 2.39. The zero-order valence-electron chi connectivity index (χ0n) is 10.6. The summed E-state index contributed by atoms with van der Waals surface area (Å²) in [6.45, 7) is 5.81. The lowest BCUT2D eigenvalue weighted by Gasteiger charge is -2.34. The van der Waals surface area contributed by atoms with Crippen molar-refractivity contribution in [3.8, 4) is 0 Å². The monoisotopic (exact) mass is 234 g/mol. The van der Waals surface area contributed by atoms with E-state index in [1.54, 1.807) is 0 Å². The smallest absolute Gasteiger partial charge is 0.0482 e. The maximum atomic E-state index is 6.13. The first-order valence-corrected chi connectivity index (χ1v) is 6.50. The summed E-state index contributed by atoms with van der Waals surface area (Å²) < 4.78 is 5.38. The summed E-state index contributed by atoms with van der Waals surface area (Å²) >= 11 is 0. The zero-order chi connectivity index (χ0) is 12.1. The summed E-state index contributed by atoms with van der Waals surface area (Å²) in [6.07, 6.45) is 2.13. The van der Waals surface area contributed by atoms with E-state index in [2.05, 4.69) is 29.2 Å². The second kappa shape index (κ2) is 6.03. The molecule has 0 fully saturated rings. The van der Waals surface area contributed by atoms with Gasteiger partial charge in [-0.3, -0.25) is 0 Å². The van der Waals surface area contributed by atoms with E-state index in [-0.39, 0.29) is 6.04 Å². The Balaban J connectivity index is 1.98. The molecule has 1 aliphatic heterocycles. The maximum absolute atomic E-state index is 6.13. The number of hydrogen-bond donors (Lipinski definition) is 1. The summed E-state index contributed by atoms with van der Waals surface area (Å²) in [5, 5.41) is 0. The molecule has 1 aromatic carbocycles. The van der Waals surface area contributed by atoms with Gasteiger partial charge in [-0.25, -0.2) is 0 Å². The number of fused-ring (bicyclic) bond motifs is 1. The van der Waals surface area contributed by atoms with Crippen LogP contribution in [0.25, 0.3) is 0 Å². The van der Waals surface area contributed by atoms with Crippen molar-refractivity contribution in [2.45, 2.75) is 25.8 Å². The van der Waals surface area contributed by atoms with E-state index < -0.39 is 0 Å². The molecule has 2 rings (SSSR count). The third kappa shape index (κ3) is 2.99. The molecule has 0 radical (unpaired) electrons. The van der Waals surface area contributed by atoms with Crippen LogP contribution in [-0.2, 0) is 4.74 Å². The van der Waals surface area contributed by atoms with Crippen LogP contribution in [0.1, 0.15) is 31.4 Å². The average Bonchev–Trinajstić information content (AvgIpc) is 2.37. The van der Waals surface area contributed by atoms with Crippen molar-refractivity contribution in [1.82, 2.24) is 0 Å². The highest BCUT2D eigenvalue weighted by molar-refractivity contribution is 5.56. The molecule has 1 aromatic rings. The number of para-hydroxylation sites is 1. The maximum Gasteiger partial charge on any atom is 0.0482 e. The standard InChI is InChI=1S/C14H22N2O/c1-2-17-11-5-9-16-10-8-13(15)12-6-3-4-7-14(12)16/h3-4,6-7,13H,2,5,8-11,15H2,1H3. The molecule has 0 aliphatic carbocycles. The third-order valence-electron chi connectivity index (χ3n) is 3.31. The average molecular weight is 234 g/mol. The minimum Gasteiger partial charge on any atom is -0.382 e. The Morgan fingerprint density at radius 3 is 3.06 bits per heavy atom. The van der Waals surface area contributed by atoms with Gasteiger partial charge in [0.05, 0.1) is 0 Å². The van der Waals surface area contributed by atoms with Crippen LogP contribution in [0, 0.1) is 0 Å². The van der Waals surface area contributed by atoms with E-state index >= 15 is 0 Å². The lowest BCUT2D eigenvalue weighted by Crippen LogP contribution is -2.34. The molecule has 2 N–H and O–H groups in total. The number of ether oxygens (including phenoxy) is 1. The molecule has 0 aromatic heterocycles. The third-order valence-corrected chi connectivity index (χ3v) is 3.31. The van der Waals surface area contributed by atoms with Crippen molar-refractivity contribution in [3.63, 3.8) is 0 Å². The number of rotatable bonds is 5. The highest BCUT2D eigenvalue weighted by Gasteiger charge is 2.21. The van der Waals surface area contributed by atoms with Gasteiger partial charge < -0.3 is 15.4 Å². The molecule has 3 heteroatoms. The van der Waals surface area contributed by atoms with Crippen LogP contribution >= 0.6 is 0 Å². The number of hydrogen-bond acceptors (Lipinski definition) is 3. The lowest BCUT2D eigenvalue weighted by atomic mass is 9.97. The molecule has 0 bridgehead atoms. The van der Waals surface area contributed by atoms with Crippen LogP contribution in [0.5, 0.6) is 0 Å². The molecule has 3 nitrogen and oxygen atoms in total. The number of nitrogens with zero attached hydrogens (tertiary/aromatic N) is 1. The summed E-state index contributed by atoms with van der Waals surface area (Å²) in [4.78, 5) is 2.43. The van der Waals surface area contributed by atoms with Crippen LogP contribution < -0.4 is 10.6 Å². The summed E-state index contributed by atoms with van der Waals surface area (Å²) in [5.74, 6) is 0. The van der Waals surface area contributed by atoms with Crippen molar-refractivity contribution in [1.29, 1.82) is 0 Å². The Hall–Kier alpha value is -1.06. The van der Waals surface area contributed by atoms with E-state index in [0.29, 0.717) is 0 Å². The molecule has 17 heavy (non-hydrogen) atoms. The molecule has 94 valence electrons. The van der Waals surface area contributed by atoms with Gasteiger partial charge in [-0.15, -0.1) is 0 Å². The first kappa shape index (κ1) is 12.4. The molecule has 1 aliphatic rings. The van der Waals surface area contributed by atoms with Gasteiger partial charge in [-0.2, -0.15) is 0 Å². The minimum atomic E-state index is 0.203. The zero-order valence-corrected chi connectivity index (χ0v) is 10.6. The minimum absolute atomic E-state index is 0.203. The largest absolute Gasteiger partial charge is 0.382 e. The molecule has 0 spiro atoms. The van der Waals surface area contributed by atoms with Crippen LogP contribution in [-0.4, -0.2) is 26.3 Å². The van der Waals surface area contributed by atoms with Crippen molar-refractivity contribution >= 4 is 5.69 Å². The van der Waals surface area contributed by atoms with E-state index in [1.165, 1.54) is 11.3 Å². The van der Waals surface area contributed by atoms with Gasteiger partial charge in [0.2, 0.25) is 0 Å². The van der Waals surface area contributed by atoms with Crippen molar-refractivity contribution in [2.24, 2.45) is 5.73 Å². The van der Waals surface area contributed by atoms with Gasteiger partial charge in [-0.05, 0) is 31.4 Å². The fourth-order valence-electron chi connectivity index (χ4n) is 2.39. The molecule has 0 amide bonds. The van der Waals surface area contributed by atoms with Gasteiger partial charge in [-0.1, -0.05) is 18.2 Å². The fraction of sp³-hybridized carbons (Fsp3) is 0.571. The lowest BCUT2D eigenvalue weighted by molar-refractivity contribution is 0.146. The van der Waals surface area contributed by atoms with E-state index in [1.807, 2.05) is 6.92 Å². The van der Waals surface area contributed by atoms with E-state index in [4.69, 9.17) is 10.5 Å². The molecule has 1 unspecified atom stereocenters. The Labute approximate surface area is 104 Å². The SMILES string of the molecule is CCOCCCN1CCC(N)c2ccccc21. The number of benzene rings is 1. The Kier molecular flexibility index (Phi) is 4.40. The van der Waals surface area contributed by atoms with Gasteiger partial charge in [0.25, 0.3) is 0 Å². The molecule has 1 atom stereocenters. The summed E-state index contributed by atoms with van der Waals surface area (Å²) in [6, 6.07) is 8.69. The molecule has 0 saturated heterocycles. The normalized spacial score (nSPS) is 19.2. The van der Waals surface area contributed by atoms with Crippen molar-refractivity contribution in [2.75, 3.05) is 31.2 Å². The van der Waals surface area contributed by atoms with Gasteiger partial charge in [0.15, 0.2) is 0 Å². The van der Waals surface area contributed by atoms with Gasteiger partial charge >= 0.3 is 0 Å². The number of nitrogens with two attached hydrogens (primary N) is 1. The van der Waals surface area contributed by atoms with Gasteiger partial charge in [0, 0.05) is 38.0 Å². The van der Waals surface area contributed by atoms with Crippen LogP contribution in [0.2, 0.25) is 0 Å². The molecule has 0 saturated carbocycles. The van der Waals surface area contributed by atoms with Crippen molar-refractivity contribution < 1.29 is 4.74 Å². The molecule has 1 heterocycles. The Bertz CT molecular complexity index is 354. The first-order valence-electron chi connectivity index (χ1n) is 6.50. The predicted molar refractivity (Wildman–Crippen MR) is 71.3 cm³/mol. The Morgan fingerprint density at radius 2 is 2.24 bits per heavy atom. The van der Waals surface area contributed by atoms with E-state index in [9.17, 15) is 0 Å². The van der Waals surface area contributed by atoms with Crippen molar-refractivity contribution in [3.05, 3.63) is 29.8 Å². The van der Waals surface area contributed by atoms with Crippen LogP contribution in [0.4, 0.5) is 5.69 Å². The quantitative estimate of drug-likeness (QED) is 0.795. The highest BCUT2D eigenvalue weighted by atomic mass is 16.5. The topological polar surface area (TPSA) is 38.5 Å². The molecular formula is C14H22N2O. The summed E-state index contributed by atoms with van der Waals surface area (Å²) in [5.41, 5.74) is 8.73. The predicted octanol–water partition coefficient (Wildman–Crippen LogP) is 2.32. The number of anilines is 1. The first-order chi connectivity index (χ1) is 8.33. The second-order valence-electron chi connectivity index (χ2n) is 4.49. The highest BCUT2D eigenvalue weighted by Crippen LogP contribution is 2.31.